The molecule has 0 saturated carbocycles. The Kier molecular flexibility index (Phi) is 14.1. The average molecular weight is 659 g/mol. The van der Waals surface area contributed by atoms with Gasteiger partial charge in [0.1, 0.15) is 26.0 Å². The first-order valence-electron chi connectivity index (χ1n) is 11.8. The first-order valence-corrected chi connectivity index (χ1v) is 14.6. The molecule has 0 aliphatic rings. The van der Waals surface area contributed by atoms with E-state index in [1.807, 2.05) is 26.0 Å². The molecule has 208 valence electrons. The minimum Gasteiger partial charge on any atom is -0.744 e. The molecule has 10 nitrogen and oxygen atoms in total. The molecule has 0 atom stereocenters. The van der Waals surface area contributed by atoms with Crippen LogP contribution < -0.4 is 118 Å². The molecule has 4 aromatic rings. The fourth-order valence-corrected chi connectivity index (χ4v) is 5.27. The number of amides is 1. The number of rotatable bonds is 9. The van der Waals surface area contributed by atoms with E-state index < -0.39 is 35.9 Å². The number of carbonyl (C=O) groups is 1. The summed E-state index contributed by atoms with van der Waals surface area (Å²) < 4.78 is 78.6. The molecular weight excluding hydrogens is 635 g/mol. The van der Waals surface area contributed by atoms with Crippen LogP contribution in [0.1, 0.15) is 21.5 Å². The Balaban J connectivity index is 0.00000308. The summed E-state index contributed by atoms with van der Waals surface area (Å²) >= 11 is 0. The van der Waals surface area contributed by atoms with E-state index in [0.717, 1.165) is 29.3 Å². The van der Waals surface area contributed by atoms with Crippen LogP contribution in [0.3, 0.4) is 0 Å². The van der Waals surface area contributed by atoms with Gasteiger partial charge in [-0.15, -0.1) is 0 Å². The number of carbonyl (C=O) groups excluding carboxylic acids is 1. The zero-order valence-electron chi connectivity index (χ0n) is 23.4. The van der Waals surface area contributed by atoms with E-state index in [1.165, 1.54) is 18.2 Å². The van der Waals surface area contributed by atoms with Crippen molar-refractivity contribution in [1.29, 1.82) is 0 Å². The first kappa shape index (κ1) is 37.2. The van der Waals surface area contributed by atoms with Gasteiger partial charge in [-0.3, -0.25) is 4.79 Å². The third-order valence-electron chi connectivity index (χ3n) is 5.90. The number of aryl methyl sites for hydroxylation is 2. The summed E-state index contributed by atoms with van der Waals surface area (Å²) in [4.78, 5) is 11.0. The van der Waals surface area contributed by atoms with Crippen molar-refractivity contribution in [2.45, 2.75) is 23.6 Å². The summed E-state index contributed by atoms with van der Waals surface area (Å²) in [5.74, 6) is 0.0133. The number of benzene rings is 4. The van der Waals surface area contributed by atoms with E-state index in [1.54, 1.807) is 36.4 Å². The molecule has 0 radical (unpaired) electrons. The zero-order chi connectivity index (χ0) is 29.1. The van der Waals surface area contributed by atoms with E-state index >= 15 is 0 Å². The van der Waals surface area contributed by atoms with Crippen LogP contribution in [0, 0.1) is 13.8 Å². The van der Waals surface area contributed by atoms with Gasteiger partial charge >= 0.3 is 103 Å². The molecule has 0 spiro atoms. The first-order chi connectivity index (χ1) is 18.8. The maximum Gasteiger partial charge on any atom is 1.00 e. The van der Waals surface area contributed by atoms with Crippen molar-refractivity contribution < 1.29 is 138 Å². The number of anilines is 2. The van der Waals surface area contributed by atoms with Gasteiger partial charge in [-0.2, -0.15) is 0 Å². The minimum atomic E-state index is -5.16. The van der Waals surface area contributed by atoms with Crippen molar-refractivity contribution in [3.63, 3.8) is 0 Å². The van der Waals surface area contributed by atoms with Crippen LogP contribution in [0.15, 0.2) is 94.7 Å². The Morgan fingerprint density at radius 3 is 1.64 bits per heavy atom. The fourth-order valence-electron chi connectivity index (χ4n) is 3.84. The van der Waals surface area contributed by atoms with Crippen molar-refractivity contribution in [2.24, 2.45) is 0 Å². The van der Waals surface area contributed by atoms with Gasteiger partial charge in [-0.1, -0.05) is 47.5 Å². The second-order valence-corrected chi connectivity index (χ2v) is 11.6. The van der Waals surface area contributed by atoms with E-state index in [9.17, 15) is 30.7 Å². The smallest absolute Gasteiger partial charge is 0.744 e. The molecule has 1 amide bonds. The Bertz CT molecular complexity index is 1780. The number of hydrogen-bond donors (Lipinski definition) is 2. The van der Waals surface area contributed by atoms with E-state index in [0.29, 0.717) is 11.3 Å². The number of hydrogen-bond acceptors (Lipinski definition) is 9. The van der Waals surface area contributed by atoms with Gasteiger partial charge in [0.2, 0.25) is 0 Å². The van der Waals surface area contributed by atoms with E-state index in [2.05, 4.69) is 10.6 Å². The SMILES string of the molecule is Cc1ccc(OCNc2ccc(-c3ccc(NC(=O)c4ccc(C)cc4)cc3S(=O)(=O)[O-])c(S(=O)(=O)[O-])c2)cc1.[K+].[K+]. The average Bonchev–Trinajstić information content (AvgIpc) is 2.89. The van der Waals surface area contributed by atoms with Gasteiger partial charge in [0, 0.05) is 28.1 Å². The summed E-state index contributed by atoms with van der Waals surface area (Å²) in [7, 11) is -10.3. The summed E-state index contributed by atoms with van der Waals surface area (Å²) in [6.07, 6.45) is 0. The van der Waals surface area contributed by atoms with Crippen LogP contribution in [0.25, 0.3) is 11.1 Å². The molecular formula is C28H24K2N2O8S2. The van der Waals surface area contributed by atoms with Crippen LogP contribution >= 0.6 is 0 Å². The molecule has 42 heavy (non-hydrogen) atoms. The summed E-state index contributed by atoms with van der Waals surface area (Å²) in [5, 5.41) is 5.36. The maximum absolute atomic E-state index is 12.6. The molecule has 0 heterocycles. The van der Waals surface area contributed by atoms with Crippen molar-refractivity contribution in [3.05, 3.63) is 102 Å². The third-order valence-corrected chi connectivity index (χ3v) is 7.65. The Labute approximate surface area is 330 Å². The molecule has 0 aliphatic carbocycles. The Morgan fingerprint density at radius 2 is 1.14 bits per heavy atom. The summed E-state index contributed by atoms with van der Waals surface area (Å²) in [6, 6.07) is 20.9. The molecule has 0 saturated heterocycles. The van der Waals surface area contributed by atoms with Gasteiger partial charge in [-0.05, 0) is 62.4 Å². The maximum atomic E-state index is 12.6. The molecule has 4 aromatic carbocycles. The predicted octanol–water partition coefficient (Wildman–Crippen LogP) is -1.51. The van der Waals surface area contributed by atoms with Crippen LogP contribution in [0.2, 0.25) is 0 Å². The minimum absolute atomic E-state index is 0. The van der Waals surface area contributed by atoms with Gasteiger partial charge in [-0.25, -0.2) is 16.8 Å². The number of ether oxygens (including phenoxy) is 1. The standard InChI is InChI=1S/C28H26N2O8S2.2K/c1-18-3-7-20(8-4-18)28(31)30-22-10-14-25(27(16-22)40(35,36)37)24-13-9-21(15-26(24)39(32,33)34)29-17-38-23-11-5-19(2)6-12-23;;/h3-16,29H,17H2,1-2H3,(H,30,31)(H,32,33,34)(H,35,36,37);;/q;2*+1/p-2. The van der Waals surface area contributed by atoms with Gasteiger partial charge in [0.15, 0.2) is 6.73 Å². The monoisotopic (exact) mass is 658 g/mol. The van der Waals surface area contributed by atoms with Crippen LogP contribution in [0.4, 0.5) is 11.4 Å². The van der Waals surface area contributed by atoms with Gasteiger partial charge < -0.3 is 24.5 Å². The largest absolute Gasteiger partial charge is 1.00 e. The molecule has 0 unspecified atom stereocenters. The van der Waals surface area contributed by atoms with Crippen molar-refractivity contribution in [1.82, 2.24) is 0 Å². The van der Waals surface area contributed by atoms with E-state index in [-0.39, 0.29) is 132 Å². The van der Waals surface area contributed by atoms with Crippen molar-refractivity contribution in [3.8, 4) is 16.9 Å². The fraction of sp³-hybridized carbons (Fsp3) is 0.107. The van der Waals surface area contributed by atoms with Crippen molar-refractivity contribution in [2.75, 3.05) is 17.4 Å². The molecule has 0 fully saturated rings. The summed E-state index contributed by atoms with van der Waals surface area (Å²) in [5.41, 5.74) is 1.88. The molecule has 0 aliphatic heterocycles. The third kappa shape index (κ3) is 10.0. The van der Waals surface area contributed by atoms with Crippen LogP contribution in [-0.2, 0) is 20.2 Å². The number of nitrogens with one attached hydrogen (secondary N) is 2. The topological polar surface area (TPSA) is 165 Å². The zero-order valence-corrected chi connectivity index (χ0v) is 31.3. The van der Waals surface area contributed by atoms with Crippen LogP contribution in [0.5, 0.6) is 5.75 Å². The Morgan fingerprint density at radius 1 is 0.690 bits per heavy atom. The normalized spacial score (nSPS) is 11.0. The molecule has 0 bridgehead atoms. The molecule has 4 rings (SSSR count). The van der Waals surface area contributed by atoms with Gasteiger partial charge in [0.05, 0.1) is 9.79 Å². The van der Waals surface area contributed by atoms with Gasteiger partial charge in [0.25, 0.3) is 5.91 Å². The van der Waals surface area contributed by atoms with E-state index in [4.69, 9.17) is 4.74 Å². The molecule has 0 aromatic heterocycles. The molecule has 14 heteroatoms. The summed E-state index contributed by atoms with van der Waals surface area (Å²) in [6.45, 7) is 3.72. The Hall–Kier alpha value is -0.957. The quantitative estimate of drug-likeness (QED) is 0.124. The molecule has 2 N–H and O–H groups in total. The van der Waals surface area contributed by atoms with Crippen LogP contribution in [-0.4, -0.2) is 38.6 Å². The second-order valence-electron chi connectivity index (χ2n) is 8.93. The van der Waals surface area contributed by atoms with Crippen molar-refractivity contribution >= 4 is 37.5 Å². The second kappa shape index (κ2) is 15.9. The predicted molar refractivity (Wildman–Crippen MR) is 147 cm³/mol.